The first-order valence-corrected chi connectivity index (χ1v) is 10.9. The summed E-state index contributed by atoms with van der Waals surface area (Å²) >= 11 is 3.36. The second-order valence-electron chi connectivity index (χ2n) is 7.63. The Kier molecular flexibility index (Phi) is 6.21. The van der Waals surface area contributed by atoms with Crippen molar-refractivity contribution in [2.24, 2.45) is 0 Å². The van der Waals surface area contributed by atoms with Crippen LogP contribution >= 0.6 is 15.9 Å². The number of rotatable bonds is 7. The third-order valence-corrected chi connectivity index (χ3v) is 5.85. The molecule has 162 valence electrons. The van der Waals surface area contributed by atoms with E-state index in [2.05, 4.69) is 15.9 Å². The molecule has 0 saturated carbocycles. The van der Waals surface area contributed by atoms with Crippen LogP contribution in [-0.2, 0) is 4.84 Å². The summed E-state index contributed by atoms with van der Waals surface area (Å²) in [6.45, 7) is 2.14. The number of carbonyl (C=O) groups excluding carboxylic acids is 3. The zero-order valence-corrected chi connectivity index (χ0v) is 19.2. The summed E-state index contributed by atoms with van der Waals surface area (Å²) in [4.78, 5) is 46.6. The summed E-state index contributed by atoms with van der Waals surface area (Å²) in [6, 6.07) is 21.2. The zero-order chi connectivity index (χ0) is 22.8. The molecule has 7 heteroatoms. The van der Waals surface area contributed by atoms with Gasteiger partial charge in [-0.3, -0.25) is 14.4 Å². The van der Waals surface area contributed by atoms with Crippen LogP contribution in [0.5, 0.6) is 0 Å². The van der Waals surface area contributed by atoms with Gasteiger partial charge >= 0.3 is 0 Å². The molecule has 1 atom stereocenters. The molecule has 0 fully saturated rings. The van der Waals surface area contributed by atoms with Crippen molar-refractivity contribution in [2.75, 3.05) is 18.5 Å². The number of amides is 2. The minimum absolute atomic E-state index is 0.144. The van der Waals surface area contributed by atoms with Gasteiger partial charge in [0.1, 0.15) is 0 Å². The fourth-order valence-corrected chi connectivity index (χ4v) is 3.77. The molecule has 0 radical (unpaired) electrons. The fourth-order valence-electron chi connectivity index (χ4n) is 3.51. The molecule has 1 unspecified atom stereocenters. The van der Waals surface area contributed by atoms with Crippen LogP contribution in [0.2, 0.25) is 0 Å². The molecule has 4 rings (SSSR count). The average Bonchev–Trinajstić information content (AvgIpc) is 3.04. The van der Waals surface area contributed by atoms with Gasteiger partial charge in [-0.05, 0) is 43.3 Å². The second-order valence-corrected chi connectivity index (χ2v) is 8.55. The highest BCUT2D eigenvalue weighted by molar-refractivity contribution is 9.10. The summed E-state index contributed by atoms with van der Waals surface area (Å²) < 4.78 is 0.837. The lowest BCUT2D eigenvalue weighted by Gasteiger charge is -2.27. The Labute approximate surface area is 194 Å². The Balaban J connectivity index is 1.62. The molecule has 6 nitrogen and oxygen atoms in total. The van der Waals surface area contributed by atoms with Crippen LogP contribution in [0.4, 0.5) is 5.69 Å². The molecule has 0 N–H and O–H groups in total. The number of hydrogen-bond donors (Lipinski definition) is 0. The number of fused-ring (bicyclic) bond motifs is 1. The minimum Gasteiger partial charge on any atom is -0.371 e. The number of Topliss-reactive ketones (excluding diaryl/α,β-unsaturated/α-hetero) is 1. The fraction of sp³-hybridized carbons (Fsp3) is 0.160. The first-order chi connectivity index (χ1) is 15.3. The van der Waals surface area contributed by atoms with Crippen LogP contribution in [0.1, 0.15) is 36.6 Å². The van der Waals surface area contributed by atoms with Crippen molar-refractivity contribution in [2.45, 2.75) is 13.0 Å². The third kappa shape index (κ3) is 4.35. The molecule has 0 aliphatic carbocycles. The van der Waals surface area contributed by atoms with Gasteiger partial charge in [0.15, 0.2) is 11.9 Å². The van der Waals surface area contributed by atoms with Crippen molar-refractivity contribution in [1.29, 1.82) is 0 Å². The number of hydroxylamine groups is 2. The maximum atomic E-state index is 13.3. The number of nitrogens with zero attached hydrogens (tertiary/aromatic N) is 2. The molecule has 0 aromatic heterocycles. The number of ketones is 1. The first-order valence-electron chi connectivity index (χ1n) is 10.1. The first kappa shape index (κ1) is 21.9. The molecule has 0 saturated heterocycles. The van der Waals surface area contributed by atoms with Crippen molar-refractivity contribution in [3.63, 3.8) is 0 Å². The summed E-state index contributed by atoms with van der Waals surface area (Å²) in [7, 11) is 1.83. The van der Waals surface area contributed by atoms with Gasteiger partial charge in [-0.2, -0.15) is 0 Å². The molecule has 2 amide bonds. The van der Waals surface area contributed by atoms with Crippen molar-refractivity contribution >= 4 is 39.2 Å². The van der Waals surface area contributed by atoms with E-state index in [9.17, 15) is 14.4 Å². The van der Waals surface area contributed by atoms with E-state index >= 15 is 0 Å². The van der Waals surface area contributed by atoms with Gasteiger partial charge in [-0.1, -0.05) is 57.9 Å². The van der Waals surface area contributed by atoms with Crippen molar-refractivity contribution in [3.8, 4) is 0 Å². The van der Waals surface area contributed by atoms with Gasteiger partial charge in [0.05, 0.1) is 17.7 Å². The van der Waals surface area contributed by atoms with E-state index in [1.165, 1.54) is 0 Å². The van der Waals surface area contributed by atoms with E-state index in [1.807, 2.05) is 43.1 Å². The monoisotopic (exact) mass is 492 g/mol. The van der Waals surface area contributed by atoms with E-state index in [-0.39, 0.29) is 23.5 Å². The average molecular weight is 493 g/mol. The largest absolute Gasteiger partial charge is 0.371 e. The maximum Gasteiger partial charge on any atom is 0.285 e. The molecule has 0 spiro atoms. The lowest BCUT2D eigenvalue weighted by atomic mass is 10.1. The van der Waals surface area contributed by atoms with Crippen LogP contribution in [0, 0.1) is 6.92 Å². The molecular weight excluding hydrogens is 472 g/mol. The SMILES string of the molecule is Cc1ccc(N(C)CC(ON2C(=O)c3ccccc3C2=O)C(=O)c2ccc(Br)cc2)cc1. The van der Waals surface area contributed by atoms with E-state index in [1.54, 1.807) is 48.5 Å². The van der Waals surface area contributed by atoms with Crippen molar-refractivity contribution in [3.05, 3.63) is 99.5 Å². The number of hydrogen-bond acceptors (Lipinski definition) is 5. The normalized spacial score (nSPS) is 13.8. The molecule has 3 aromatic carbocycles. The number of imide groups is 1. The predicted molar refractivity (Wildman–Crippen MR) is 125 cm³/mol. The predicted octanol–water partition coefficient (Wildman–Crippen LogP) is 4.67. The van der Waals surface area contributed by atoms with Crippen LogP contribution in [-0.4, -0.2) is 42.4 Å². The number of aryl methyl sites for hydroxylation is 1. The molecule has 1 aliphatic heterocycles. The lowest BCUT2D eigenvalue weighted by Crippen LogP contribution is -2.44. The molecule has 0 bridgehead atoms. The van der Waals surface area contributed by atoms with Crippen LogP contribution < -0.4 is 4.90 Å². The number of carbonyl (C=O) groups is 3. The van der Waals surface area contributed by atoms with Crippen LogP contribution in [0.3, 0.4) is 0 Å². The van der Waals surface area contributed by atoms with Gasteiger partial charge in [-0.25, -0.2) is 4.84 Å². The highest BCUT2D eigenvalue weighted by Gasteiger charge is 2.39. The Bertz CT molecular complexity index is 1140. The highest BCUT2D eigenvalue weighted by atomic mass is 79.9. The summed E-state index contributed by atoms with van der Waals surface area (Å²) in [5.41, 5.74) is 2.95. The van der Waals surface area contributed by atoms with E-state index in [0.717, 1.165) is 15.7 Å². The van der Waals surface area contributed by atoms with Gasteiger partial charge in [0.25, 0.3) is 11.8 Å². The lowest BCUT2D eigenvalue weighted by molar-refractivity contribution is -0.114. The Hall–Kier alpha value is -3.29. The van der Waals surface area contributed by atoms with Crippen LogP contribution in [0.15, 0.2) is 77.3 Å². The quantitative estimate of drug-likeness (QED) is 0.354. The summed E-state index contributed by atoms with van der Waals surface area (Å²) in [5.74, 6) is -1.47. The second kappa shape index (κ2) is 9.06. The van der Waals surface area contributed by atoms with Gasteiger partial charge in [0.2, 0.25) is 0 Å². The Morgan fingerprint density at radius 2 is 1.50 bits per heavy atom. The van der Waals surface area contributed by atoms with Crippen molar-refractivity contribution in [1.82, 2.24) is 5.06 Å². The van der Waals surface area contributed by atoms with E-state index in [4.69, 9.17) is 4.84 Å². The molecule has 1 heterocycles. The summed E-state index contributed by atoms with van der Waals surface area (Å²) in [6.07, 6.45) is -1.08. The molecule has 1 aliphatic rings. The number of halogens is 1. The molecular formula is C25H21BrN2O4. The van der Waals surface area contributed by atoms with Gasteiger partial charge in [-0.15, -0.1) is 5.06 Å². The van der Waals surface area contributed by atoms with Crippen molar-refractivity contribution < 1.29 is 19.2 Å². The number of anilines is 1. The van der Waals surface area contributed by atoms with Gasteiger partial charge in [0, 0.05) is 22.8 Å². The topological polar surface area (TPSA) is 66.9 Å². The smallest absolute Gasteiger partial charge is 0.285 e. The zero-order valence-electron chi connectivity index (χ0n) is 17.6. The highest BCUT2D eigenvalue weighted by Crippen LogP contribution is 2.25. The van der Waals surface area contributed by atoms with Crippen LogP contribution in [0.25, 0.3) is 0 Å². The minimum atomic E-state index is -1.08. The molecule has 3 aromatic rings. The van der Waals surface area contributed by atoms with E-state index in [0.29, 0.717) is 10.6 Å². The van der Waals surface area contributed by atoms with E-state index < -0.39 is 17.9 Å². The standard InChI is InChI=1S/C25H21BrN2O4/c1-16-7-13-19(14-8-16)27(2)15-22(23(29)17-9-11-18(26)12-10-17)32-28-24(30)20-5-3-4-6-21(20)25(28)31/h3-14,22H,15H2,1-2H3. The third-order valence-electron chi connectivity index (χ3n) is 5.33. The molecule has 32 heavy (non-hydrogen) atoms. The summed E-state index contributed by atoms with van der Waals surface area (Å²) in [5, 5.41) is 0.703. The maximum absolute atomic E-state index is 13.3. The van der Waals surface area contributed by atoms with Gasteiger partial charge < -0.3 is 4.90 Å². The Morgan fingerprint density at radius 3 is 2.06 bits per heavy atom. The number of likely N-dealkylation sites (N-methyl/N-ethyl adjacent to an activating group) is 1. The number of benzene rings is 3. The Morgan fingerprint density at radius 1 is 0.938 bits per heavy atom.